The third kappa shape index (κ3) is 4.09. The maximum atomic E-state index is 11.9. The van der Waals surface area contributed by atoms with E-state index < -0.39 is 4.92 Å². The van der Waals surface area contributed by atoms with Crippen LogP contribution in [0.1, 0.15) is 24.2 Å². The number of rotatable bonds is 7. The molecular formula is C16H20N4O4. The molecule has 2 aromatic rings. The van der Waals surface area contributed by atoms with E-state index in [-0.39, 0.29) is 11.6 Å². The number of benzene rings is 1. The summed E-state index contributed by atoms with van der Waals surface area (Å²) in [6, 6.07) is 7.07. The molecule has 1 amide bonds. The average Bonchev–Trinajstić information content (AvgIpc) is 2.82. The Morgan fingerprint density at radius 2 is 2.00 bits per heavy atom. The number of aryl methyl sites for hydroxylation is 2. The minimum atomic E-state index is -0.426. The monoisotopic (exact) mass is 332 g/mol. The van der Waals surface area contributed by atoms with Crippen molar-refractivity contribution in [3.05, 3.63) is 45.8 Å². The molecule has 0 saturated carbocycles. The highest BCUT2D eigenvalue weighted by Gasteiger charge is 2.21. The lowest BCUT2D eigenvalue weighted by Gasteiger charge is -2.07. The van der Waals surface area contributed by atoms with Crippen LogP contribution in [-0.4, -0.2) is 27.7 Å². The van der Waals surface area contributed by atoms with Crippen LogP contribution in [0.5, 0.6) is 5.75 Å². The average molecular weight is 332 g/mol. The number of hydrogen-bond acceptors (Lipinski definition) is 5. The van der Waals surface area contributed by atoms with Gasteiger partial charge in [0.25, 0.3) is 0 Å². The lowest BCUT2D eigenvalue weighted by atomic mass is 10.2. The predicted molar refractivity (Wildman–Crippen MR) is 89.2 cm³/mol. The van der Waals surface area contributed by atoms with Crippen LogP contribution in [0.25, 0.3) is 0 Å². The molecule has 0 saturated heterocycles. The second-order valence-electron chi connectivity index (χ2n) is 5.38. The zero-order valence-electron chi connectivity index (χ0n) is 13.9. The molecule has 2 rings (SSSR count). The summed E-state index contributed by atoms with van der Waals surface area (Å²) in [5.74, 6) is 0.607. The lowest BCUT2D eigenvalue weighted by molar-refractivity contribution is -0.386. The van der Waals surface area contributed by atoms with Crippen LogP contribution in [-0.2, 0) is 11.3 Å². The van der Waals surface area contributed by atoms with E-state index in [1.807, 2.05) is 0 Å². The molecule has 8 heteroatoms. The standard InChI is InChI=1S/C16H20N4O4/c1-11-16(20(22)23)12(2)19(18-11)10-4-5-15(21)17-13-6-8-14(24-3)9-7-13/h6-9H,4-5,10H2,1-3H3,(H,17,21). The van der Waals surface area contributed by atoms with Gasteiger partial charge in [-0.1, -0.05) is 0 Å². The van der Waals surface area contributed by atoms with Crippen molar-refractivity contribution in [2.45, 2.75) is 33.2 Å². The Hall–Kier alpha value is -2.90. The van der Waals surface area contributed by atoms with Crippen LogP contribution >= 0.6 is 0 Å². The van der Waals surface area contributed by atoms with Crippen molar-refractivity contribution >= 4 is 17.3 Å². The van der Waals surface area contributed by atoms with Gasteiger partial charge < -0.3 is 10.1 Å². The SMILES string of the molecule is COc1ccc(NC(=O)CCCn2nc(C)c([N+](=O)[O-])c2C)cc1. The van der Waals surface area contributed by atoms with Gasteiger partial charge in [-0.05, 0) is 44.5 Å². The number of anilines is 1. The molecule has 1 aromatic heterocycles. The molecule has 0 unspecified atom stereocenters. The van der Waals surface area contributed by atoms with Gasteiger partial charge in [0.2, 0.25) is 5.91 Å². The smallest absolute Gasteiger partial charge is 0.312 e. The summed E-state index contributed by atoms with van der Waals surface area (Å²) >= 11 is 0. The zero-order valence-corrected chi connectivity index (χ0v) is 13.9. The first-order chi connectivity index (χ1) is 11.4. The quantitative estimate of drug-likeness (QED) is 0.621. The van der Waals surface area contributed by atoms with Crippen molar-refractivity contribution in [1.82, 2.24) is 9.78 Å². The van der Waals surface area contributed by atoms with Crippen molar-refractivity contribution in [2.75, 3.05) is 12.4 Å². The normalized spacial score (nSPS) is 10.5. The Morgan fingerprint density at radius 1 is 1.33 bits per heavy atom. The number of carbonyl (C=O) groups excluding carboxylic acids is 1. The number of amides is 1. The summed E-state index contributed by atoms with van der Waals surface area (Å²) in [5.41, 5.74) is 1.63. The minimum absolute atomic E-state index is 0.0395. The summed E-state index contributed by atoms with van der Waals surface area (Å²) in [4.78, 5) is 22.5. The molecule has 0 atom stereocenters. The van der Waals surface area contributed by atoms with Crippen molar-refractivity contribution in [2.24, 2.45) is 0 Å². The molecule has 1 heterocycles. The first-order valence-electron chi connectivity index (χ1n) is 7.54. The van der Waals surface area contributed by atoms with E-state index in [1.54, 1.807) is 49.9 Å². The number of nitro groups is 1. The number of hydrogen-bond donors (Lipinski definition) is 1. The molecule has 0 radical (unpaired) electrons. The van der Waals surface area contributed by atoms with Crippen LogP contribution in [0.15, 0.2) is 24.3 Å². The second kappa shape index (κ2) is 7.58. The maximum absolute atomic E-state index is 11.9. The van der Waals surface area contributed by atoms with E-state index >= 15 is 0 Å². The number of ether oxygens (including phenoxy) is 1. The topological polar surface area (TPSA) is 99.3 Å². The Kier molecular flexibility index (Phi) is 5.51. The number of nitrogens with zero attached hydrogens (tertiary/aromatic N) is 3. The van der Waals surface area contributed by atoms with E-state index in [0.29, 0.717) is 36.5 Å². The highest BCUT2D eigenvalue weighted by molar-refractivity contribution is 5.90. The van der Waals surface area contributed by atoms with E-state index in [4.69, 9.17) is 4.74 Å². The largest absolute Gasteiger partial charge is 0.497 e. The summed E-state index contributed by atoms with van der Waals surface area (Å²) in [6.07, 6.45) is 0.847. The Balaban J connectivity index is 1.86. The van der Waals surface area contributed by atoms with E-state index in [0.717, 1.165) is 5.75 Å². The van der Waals surface area contributed by atoms with Crippen molar-refractivity contribution in [1.29, 1.82) is 0 Å². The van der Waals surface area contributed by atoms with Crippen molar-refractivity contribution in [3.63, 3.8) is 0 Å². The second-order valence-corrected chi connectivity index (χ2v) is 5.38. The fourth-order valence-corrected chi connectivity index (χ4v) is 2.46. The molecule has 0 aliphatic heterocycles. The van der Waals surface area contributed by atoms with Gasteiger partial charge in [-0.15, -0.1) is 0 Å². The van der Waals surface area contributed by atoms with Gasteiger partial charge in [0, 0.05) is 18.7 Å². The molecule has 0 aliphatic rings. The number of aromatic nitrogens is 2. The third-order valence-corrected chi connectivity index (χ3v) is 3.67. The number of nitrogens with one attached hydrogen (secondary N) is 1. The predicted octanol–water partition coefficient (Wildman–Crippen LogP) is 2.84. The fourth-order valence-electron chi connectivity index (χ4n) is 2.46. The van der Waals surface area contributed by atoms with Crippen LogP contribution in [0.4, 0.5) is 11.4 Å². The number of methoxy groups -OCH3 is 1. The molecule has 0 aliphatic carbocycles. The van der Waals surface area contributed by atoms with Gasteiger partial charge >= 0.3 is 5.69 Å². The van der Waals surface area contributed by atoms with Gasteiger partial charge in [0.15, 0.2) is 0 Å². The van der Waals surface area contributed by atoms with E-state index in [2.05, 4.69) is 10.4 Å². The molecule has 128 valence electrons. The Bertz CT molecular complexity index is 737. The third-order valence-electron chi connectivity index (χ3n) is 3.67. The van der Waals surface area contributed by atoms with Gasteiger partial charge in [0.05, 0.1) is 12.0 Å². The highest BCUT2D eigenvalue weighted by Crippen LogP contribution is 2.22. The first-order valence-corrected chi connectivity index (χ1v) is 7.54. The molecule has 0 bridgehead atoms. The number of carbonyl (C=O) groups is 1. The van der Waals surface area contributed by atoms with Gasteiger partial charge in [-0.2, -0.15) is 5.10 Å². The van der Waals surface area contributed by atoms with Gasteiger partial charge in [-0.25, -0.2) is 0 Å². The van der Waals surface area contributed by atoms with Crippen LogP contribution < -0.4 is 10.1 Å². The fraction of sp³-hybridized carbons (Fsp3) is 0.375. The summed E-state index contributed by atoms with van der Waals surface area (Å²) < 4.78 is 6.63. The molecule has 8 nitrogen and oxygen atoms in total. The van der Waals surface area contributed by atoms with Crippen molar-refractivity contribution in [3.8, 4) is 5.75 Å². The van der Waals surface area contributed by atoms with Crippen molar-refractivity contribution < 1.29 is 14.5 Å². The molecule has 1 N–H and O–H groups in total. The first kappa shape index (κ1) is 17.5. The van der Waals surface area contributed by atoms with Crippen LogP contribution in [0.2, 0.25) is 0 Å². The highest BCUT2D eigenvalue weighted by atomic mass is 16.6. The van der Waals surface area contributed by atoms with Crippen LogP contribution in [0.3, 0.4) is 0 Å². The Morgan fingerprint density at radius 3 is 2.54 bits per heavy atom. The summed E-state index contributed by atoms with van der Waals surface area (Å²) in [6.45, 7) is 3.73. The molecule has 24 heavy (non-hydrogen) atoms. The molecule has 0 fully saturated rings. The van der Waals surface area contributed by atoms with E-state index in [1.165, 1.54) is 0 Å². The zero-order chi connectivity index (χ0) is 17.7. The minimum Gasteiger partial charge on any atom is -0.497 e. The van der Waals surface area contributed by atoms with Crippen LogP contribution in [0, 0.1) is 24.0 Å². The van der Waals surface area contributed by atoms with E-state index in [9.17, 15) is 14.9 Å². The maximum Gasteiger partial charge on any atom is 0.312 e. The summed E-state index contributed by atoms with van der Waals surface area (Å²) in [5, 5.41) is 17.9. The van der Waals surface area contributed by atoms with Gasteiger partial charge in [0.1, 0.15) is 17.1 Å². The lowest BCUT2D eigenvalue weighted by Crippen LogP contribution is -2.13. The molecule has 0 spiro atoms. The molecule has 1 aromatic carbocycles. The molecular weight excluding hydrogens is 312 g/mol. The Labute approximate surface area is 139 Å². The van der Waals surface area contributed by atoms with Gasteiger partial charge in [-0.3, -0.25) is 19.6 Å². The summed E-state index contributed by atoms with van der Waals surface area (Å²) in [7, 11) is 1.58.